The monoisotopic (exact) mass is 502 g/mol. The molecule has 1 aliphatic rings. The van der Waals surface area contributed by atoms with Gasteiger partial charge in [-0.15, -0.1) is 0 Å². The number of benzene rings is 4. The van der Waals surface area contributed by atoms with Crippen molar-refractivity contribution in [1.29, 1.82) is 0 Å². The minimum atomic E-state index is -0.132. The molecule has 4 heteroatoms. The molecule has 38 heavy (non-hydrogen) atoms. The van der Waals surface area contributed by atoms with E-state index in [4.69, 9.17) is 0 Å². The maximum absolute atomic E-state index is 14.0. The number of aryl methyl sites for hydroxylation is 4. The van der Waals surface area contributed by atoms with Crippen molar-refractivity contribution >= 4 is 34.3 Å². The van der Waals surface area contributed by atoms with Gasteiger partial charge in [0.05, 0.1) is 16.9 Å². The minimum absolute atomic E-state index is 0.118. The lowest BCUT2D eigenvalue weighted by Gasteiger charge is -2.26. The van der Waals surface area contributed by atoms with Crippen LogP contribution < -0.4 is 10.6 Å². The molecule has 4 nitrogen and oxygen atoms in total. The molecule has 0 unspecified atom stereocenters. The summed E-state index contributed by atoms with van der Waals surface area (Å²) in [4.78, 5) is 27.6. The smallest absolute Gasteiger partial charge is 0.196 e. The van der Waals surface area contributed by atoms with Crippen LogP contribution in [0.3, 0.4) is 0 Å². The summed E-state index contributed by atoms with van der Waals surface area (Å²) in [6.07, 6.45) is 3.46. The Kier molecular flexibility index (Phi) is 7.15. The van der Waals surface area contributed by atoms with E-state index in [0.29, 0.717) is 27.9 Å². The SMILES string of the molecule is CCc1cccc(CC)c1Nc1ccc2c(c1Nc1c(CC)cccc1CC)C(=O)c1ccccc1C2=O. The van der Waals surface area contributed by atoms with Crippen LogP contribution in [0, 0.1) is 0 Å². The summed E-state index contributed by atoms with van der Waals surface area (Å²) in [7, 11) is 0. The summed E-state index contributed by atoms with van der Waals surface area (Å²) in [5, 5.41) is 7.37. The first kappa shape index (κ1) is 25.5. The van der Waals surface area contributed by atoms with Crippen molar-refractivity contribution in [2.75, 3.05) is 10.6 Å². The summed E-state index contributed by atoms with van der Waals surface area (Å²) in [5.74, 6) is -0.250. The van der Waals surface area contributed by atoms with Gasteiger partial charge in [0.15, 0.2) is 11.6 Å². The van der Waals surface area contributed by atoms with Crippen LogP contribution in [0.4, 0.5) is 22.7 Å². The average molecular weight is 503 g/mol. The van der Waals surface area contributed by atoms with Gasteiger partial charge in [-0.1, -0.05) is 88.4 Å². The van der Waals surface area contributed by atoms with Crippen molar-refractivity contribution in [3.63, 3.8) is 0 Å². The molecular formula is C34H34N2O2. The number of fused-ring (bicyclic) bond motifs is 2. The predicted molar refractivity (Wildman–Crippen MR) is 157 cm³/mol. The fraction of sp³-hybridized carbons (Fsp3) is 0.235. The zero-order chi connectivity index (χ0) is 26.8. The molecule has 4 aromatic rings. The van der Waals surface area contributed by atoms with Crippen LogP contribution in [0.5, 0.6) is 0 Å². The summed E-state index contributed by atoms with van der Waals surface area (Å²) in [6, 6.07) is 23.5. The Hall–Kier alpha value is -4.18. The number of hydrogen-bond acceptors (Lipinski definition) is 4. The van der Waals surface area contributed by atoms with E-state index in [1.165, 1.54) is 22.3 Å². The Labute approximate surface area is 225 Å². The van der Waals surface area contributed by atoms with Crippen LogP contribution >= 0.6 is 0 Å². The Morgan fingerprint density at radius 3 is 1.45 bits per heavy atom. The predicted octanol–water partition coefficient (Wildman–Crippen LogP) is 8.20. The molecule has 0 bridgehead atoms. The van der Waals surface area contributed by atoms with Crippen molar-refractivity contribution in [3.05, 3.63) is 117 Å². The summed E-state index contributed by atoms with van der Waals surface area (Å²) >= 11 is 0. The third-order valence-corrected chi connectivity index (χ3v) is 7.60. The van der Waals surface area contributed by atoms with Gasteiger partial charge in [-0.3, -0.25) is 9.59 Å². The zero-order valence-electron chi connectivity index (χ0n) is 22.6. The van der Waals surface area contributed by atoms with Gasteiger partial charge in [-0.25, -0.2) is 0 Å². The molecule has 0 aromatic heterocycles. The topological polar surface area (TPSA) is 58.2 Å². The van der Waals surface area contributed by atoms with E-state index in [1.807, 2.05) is 18.2 Å². The molecule has 0 spiro atoms. The first-order chi connectivity index (χ1) is 18.5. The zero-order valence-corrected chi connectivity index (χ0v) is 22.6. The van der Waals surface area contributed by atoms with Gasteiger partial charge in [-0.05, 0) is 60.1 Å². The Morgan fingerprint density at radius 2 is 0.947 bits per heavy atom. The van der Waals surface area contributed by atoms with E-state index in [2.05, 4.69) is 74.7 Å². The molecule has 0 atom stereocenters. The molecule has 4 aromatic carbocycles. The van der Waals surface area contributed by atoms with Gasteiger partial charge in [0, 0.05) is 28.1 Å². The molecule has 0 saturated carbocycles. The molecule has 0 radical (unpaired) electrons. The highest BCUT2D eigenvalue weighted by Gasteiger charge is 2.33. The lowest BCUT2D eigenvalue weighted by atomic mass is 9.82. The molecule has 192 valence electrons. The van der Waals surface area contributed by atoms with Crippen LogP contribution in [-0.2, 0) is 25.7 Å². The second kappa shape index (κ2) is 10.7. The second-order valence-electron chi connectivity index (χ2n) is 9.68. The molecule has 0 aliphatic heterocycles. The van der Waals surface area contributed by atoms with Crippen molar-refractivity contribution in [2.24, 2.45) is 0 Å². The number of nitrogens with one attached hydrogen (secondary N) is 2. The van der Waals surface area contributed by atoms with Crippen molar-refractivity contribution in [3.8, 4) is 0 Å². The lowest BCUT2D eigenvalue weighted by molar-refractivity contribution is 0.0980. The maximum atomic E-state index is 14.0. The van der Waals surface area contributed by atoms with E-state index < -0.39 is 0 Å². The molecule has 0 fully saturated rings. The summed E-state index contributed by atoms with van der Waals surface area (Å²) in [5.41, 5.74) is 10.1. The van der Waals surface area contributed by atoms with Crippen LogP contribution in [-0.4, -0.2) is 11.6 Å². The fourth-order valence-corrected chi connectivity index (χ4v) is 5.49. The Balaban J connectivity index is 1.76. The number of carbonyl (C=O) groups excluding carboxylic acids is 2. The van der Waals surface area contributed by atoms with Gasteiger partial charge in [0.2, 0.25) is 0 Å². The normalized spacial score (nSPS) is 12.2. The molecule has 2 N–H and O–H groups in total. The van der Waals surface area contributed by atoms with Crippen LogP contribution in [0.25, 0.3) is 0 Å². The van der Waals surface area contributed by atoms with Crippen molar-refractivity contribution in [2.45, 2.75) is 53.4 Å². The van der Waals surface area contributed by atoms with Crippen LogP contribution in [0.2, 0.25) is 0 Å². The average Bonchev–Trinajstić information content (AvgIpc) is 2.96. The van der Waals surface area contributed by atoms with Crippen LogP contribution in [0.15, 0.2) is 72.8 Å². The standard InChI is InChI=1S/C34H34N2O2/c1-5-21-13-11-14-22(6-2)30(21)35-28-20-19-27-29(34(38)26-18-10-9-17-25(26)33(27)37)32(28)36-31-23(7-3)15-12-16-24(31)8-4/h9-20,35-36H,5-8H2,1-4H3. The third kappa shape index (κ3) is 4.30. The van der Waals surface area contributed by atoms with Gasteiger partial charge >= 0.3 is 0 Å². The number of ketones is 2. The molecule has 1 aliphatic carbocycles. The summed E-state index contributed by atoms with van der Waals surface area (Å²) < 4.78 is 0. The molecule has 5 rings (SSSR count). The van der Waals surface area contributed by atoms with Gasteiger partial charge in [0.25, 0.3) is 0 Å². The van der Waals surface area contributed by atoms with Crippen LogP contribution in [0.1, 0.15) is 81.8 Å². The van der Waals surface area contributed by atoms with E-state index >= 15 is 0 Å². The van der Waals surface area contributed by atoms with Gasteiger partial charge in [-0.2, -0.15) is 0 Å². The highest BCUT2D eigenvalue weighted by atomic mass is 16.1. The number of anilines is 4. The maximum Gasteiger partial charge on any atom is 0.196 e. The molecule has 0 saturated heterocycles. The molecule has 0 heterocycles. The highest BCUT2D eigenvalue weighted by molar-refractivity contribution is 6.31. The fourth-order valence-electron chi connectivity index (χ4n) is 5.49. The molecule has 0 amide bonds. The molecular weight excluding hydrogens is 468 g/mol. The summed E-state index contributed by atoms with van der Waals surface area (Å²) in [6.45, 7) is 8.57. The Morgan fingerprint density at radius 1 is 0.474 bits per heavy atom. The van der Waals surface area contributed by atoms with Gasteiger partial charge in [0.1, 0.15) is 0 Å². The quantitative estimate of drug-likeness (QED) is 0.224. The van der Waals surface area contributed by atoms with Crippen molar-refractivity contribution in [1.82, 2.24) is 0 Å². The lowest BCUT2D eigenvalue weighted by Crippen LogP contribution is -2.23. The first-order valence-electron chi connectivity index (χ1n) is 13.6. The first-order valence-corrected chi connectivity index (χ1v) is 13.6. The Bertz CT molecular complexity index is 1510. The van der Waals surface area contributed by atoms with E-state index in [1.54, 1.807) is 18.2 Å². The van der Waals surface area contributed by atoms with E-state index in [0.717, 1.165) is 42.7 Å². The number of para-hydroxylation sites is 2. The largest absolute Gasteiger partial charge is 0.353 e. The van der Waals surface area contributed by atoms with E-state index in [9.17, 15) is 9.59 Å². The number of hydrogen-bond donors (Lipinski definition) is 2. The number of rotatable bonds is 8. The highest BCUT2D eigenvalue weighted by Crippen LogP contribution is 2.41. The third-order valence-electron chi connectivity index (χ3n) is 7.60. The minimum Gasteiger partial charge on any atom is -0.353 e. The number of carbonyl (C=O) groups is 2. The van der Waals surface area contributed by atoms with Gasteiger partial charge < -0.3 is 10.6 Å². The van der Waals surface area contributed by atoms with E-state index in [-0.39, 0.29) is 11.6 Å². The van der Waals surface area contributed by atoms with Crippen molar-refractivity contribution < 1.29 is 9.59 Å². The second-order valence-corrected chi connectivity index (χ2v) is 9.68.